The molecule has 1 N–H and O–H groups in total. The molecule has 114 valence electrons. The number of carbonyl (C=O) groups is 1. The van der Waals surface area contributed by atoms with Crippen molar-refractivity contribution in [1.29, 1.82) is 0 Å². The third kappa shape index (κ3) is 3.48. The van der Waals surface area contributed by atoms with Crippen molar-refractivity contribution in [3.8, 4) is 5.88 Å². The Morgan fingerprint density at radius 2 is 2.29 bits per heavy atom. The minimum atomic E-state index is -0.191. The van der Waals surface area contributed by atoms with Gasteiger partial charge in [-0.2, -0.15) is 0 Å². The number of hydrogen-bond donors (Lipinski definition) is 1. The van der Waals surface area contributed by atoms with Gasteiger partial charge in [-0.25, -0.2) is 4.98 Å². The van der Waals surface area contributed by atoms with Crippen molar-refractivity contribution in [3.05, 3.63) is 23.4 Å². The van der Waals surface area contributed by atoms with E-state index in [0.717, 1.165) is 11.1 Å². The van der Waals surface area contributed by atoms with Crippen LogP contribution in [0, 0.1) is 6.92 Å². The highest BCUT2D eigenvalue weighted by Gasteiger charge is 2.33. The molecule has 1 atom stereocenters. The number of nitrogens with zero attached hydrogens (tertiary/aromatic N) is 2. The van der Waals surface area contributed by atoms with Crippen LogP contribution in [0.2, 0.25) is 0 Å². The Hall–Kier alpha value is -1.73. The Bertz CT molecular complexity index is 550. The third-order valence-corrected chi connectivity index (χ3v) is 3.70. The largest absolute Gasteiger partial charge is 0.481 e. The number of pyridine rings is 1. The number of nitrogens with one attached hydrogen (secondary N) is 1. The van der Waals surface area contributed by atoms with Gasteiger partial charge in [0.25, 0.3) is 0 Å². The van der Waals surface area contributed by atoms with Crippen LogP contribution >= 0.6 is 12.2 Å². The highest BCUT2D eigenvalue weighted by molar-refractivity contribution is 7.80. The molecular formula is C14H19N3O3S. The first kappa shape index (κ1) is 15.7. The fraction of sp³-hybridized carbons (Fsp3) is 0.500. The van der Waals surface area contributed by atoms with E-state index in [-0.39, 0.29) is 11.9 Å². The Labute approximate surface area is 129 Å². The van der Waals surface area contributed by atoms with E-state index in [1.807, 2.05) is 17.9 Å². The SMILES string of the molecule is COCCN1C(=S)NC(=O)C[C@@H]1c1cc(C)cnc1OC. The molecule has 1 aliphatic rings. The Kier molecular flexibility index (Phi) is 5.08. The summed E-state index contributed by atoms with van der Waals surface area (Å²) in [5.41, 5.74) is 1.88. The summed E-state index contributed by atoms with van der Waals surface area (Å²) in [4.78, 5) is 18.1. The van der Waals surface area contributed by atoms with Crippen LogP contribution in [0.25, 0.3) is 0 Å². The van der Waals surface area contributed by atoms with E-state index in [2.05, 4.69) is 10.3 Å². The molecule has 1 aliphatic heterocycles. The molecule has 0 spiro atoms. The van der Waals surface area contributed by atoms with Crippen LogP contribution in [0.1, 0.15) is 23.6 Å². The first-order chi connectivity index (χ1) is 10.1. The Morgan fingerprint density at radius 1 is 1.52 bits per heavy atom. The number of aromatic nitrogens is 1. The molecule has 0 radical (unpaired) electrons. The molecule has 0 aliphatic carbocycles. The first-order valence-corrected chi connectivity index (χ1v) is 7.07. The monoisotopic (exact) mass is 309 g/mol. The van der Waals surface area contributed by atoms with Crippen molar-refractivity contribution in [2.75, 3.05) is 27.4 Å². The number of thiocarbonyl (C=S) groups is 1. The van der Waals surface area contributed by atoms with Crippen molar-refractivity contribution in [2.24, 2.45) is 0 Å². The van der Waals surface area contributed by atoms with E-state index in [9.17, 15) is 4.79 Å². The van der Waals surface area contributed by atoms with Gasteiger partial charge in [0.2, 0.25) is 11.8 Å². The number of amides is 1. The Balaban J connectivity index is 2.38. The number of methoxy groups -OCH3 is 2. The topological polar surface area (TPSA) is 63.7 Å². The quantitative estimate of drug-likeness (QED) is 0.825. The lowest BCUT2D eigenvalue weighted by Gasteiger charge is -2.37. The fourth-order valence-corrected chi connectivity index (χ4v) is 2.72. The highest BCUT2D eigenvalue weighted by Crippen LogP contribution is 2.33. The lowest BCUT2D eigenvalue weighted by atomic mass is 10.00. The van der Waals surface area contributed by atoms with E-state index in [1.165, 1.54) is 0 Å². The molecule has 1 saturated heterocycles. The summed E-state index contributed by atoms with van der Waals surface area (Å²) in [5, 5.41) is 3.11. The van der Waals surface area contributed by atoms with Crippen LogP contribution in [0.5, 0.6) is 5.88 Å². The van der Waals surface area contributed by atoms with Crippen molar-refractivity contribution in [3.63, 3.8) is 0 Å². The summed E-state index contributed by atoms with van der Waals surface area (Å²) in [6, 6.07) is 1.79. The maximum Gasteiger partial charge on any atom is 0.228 e. The van der Waals surface area contributed by atoms with Gasteiger partial charge in [0.15, 0.2) is 5.11 Å². The second-order valence-electron chi connectivity index (χ2n) is 4.87. The van der Waals surface area contributed by atoms with Crippen LogP contribution in [0.4, 0.5) is 0 Å². The lowest BCUT2D eigenvalue weighted by Crippen LogP contribution is -2.51. The maximum atomic E-state index is 11.8. The zero-order chi connectivity index (χ0) is 15.4. The summed E-state index contributed by atoms with van der Waals surface area (Å²) in [7, 11) is 3.21. The second kappa shape index (κ2) is 6.82. The maximum absolute atomic E-state index is 11.8. The van der Waals surface area contributed by atoms with Crippen molar-refractivity contribution in [1.82, 2.24) is 15.2 Å². The van der Waals surface area contributed by atoms with Crippen LogP contribution in [-0.4, -0.2) is 48.3 Å². The summed E-state index contributed by atoms with van der Waals surface area (Å²) < 4.78 is 10.5. The van der Waals surface area contributed by atoms with Gasteiger partial charge in [-0.05, 0) is 30.8 Å². The summed E-state index contributed by atoms with van der Waals surface area (Å²) in [6.45, 7) is 3.07. The summed E-state index contributed by atoms with van der Waals surface area (Å²) in [5.74, 6) is 0.424. The van der Waals surface area contributed by atoms with E-state index < -0.39 is 0 Å². The molecule has 2 rings (SSSR count). The van der Waals surface area contributed by atoms with Gasteiger partial charge in [0.1, 0.15) is 0 Å². The molecule has 0 unspecified atom stereocenters. The average molecular weight is 309 g/mol. The number of aryl methyl sites for hydroxylation is 1. The van der Waals surface area contributed by atoms with Crippen LogP contribution < -0.4 is 10.1 Å². The van der Waals surface area contributed by atoms with Crippen LogP contribution in [0.15, 0.2) is 12.3 Å². The molecule has 0 bridgehead atoms. The van der Waals surface area contributed by atoms with Gasteiger partial charge >= 0.3 is 0 Å². The molecule has 21 heavy (non-hydrogen) atoms. The molecule has 6 nitrogen and oxygen atoms in total. The summed E-state index contributed by atoms with van der Waals surface area (Å²) in [6.07, 6.45) is 2.05. The van der Waals surface area contributed by atoms with Gasteiger partial charge in [-0.1, -0.05) is 0 Å². The molecule has 7 heteroatoms. The van der Waals surface area contributed by atoms with Crippen molar-refractivity contribution >= 4 is 23.2 Å². The molecule has 0 aromatic carbocycles. The molecular weight excluding hydrogens is 290 g/mol. The third-order valence-electron chi connectivity index (χ3n) is 3.37. The first-order valence-electron chi connectivity index (χ1n) is 6.66. The summed E-state index contributed by atoms with van der Waals surface area (Å²) >= 11 is 5.28. The van der Waals surface area contributed by atoms with E-state index >= 15 is 0 Å². The van der Waals surface area contributed by atoms with Crippen LogP contribution in [-0.2, 0) is 9.53 Å². The second-order valence-corrected chi connectivity index (χ2v) is 5.26. The predicted octanol–water partition coefficient (Wildman–Crippen LogP) is 1.19. The molecule has 1 aromatic rings. The average Bonchev–Trinajstić information content (AvgIpc) is 2.45. The predicted molar refractivity (Wildman–Crippen MR) is 82.2 cm³/mol. The zero-order valence-electron chi connectivity index (χ0n) is 12.4. The smallest absolute Gasteiger partial charge is 0.228 e. The number of ether oxygens (including phenoxy) is 2. The molecule has 1 amide bonds. The van der Waals surface area contributed by atoms with Gasteiger partial charge in [-0.15, -0.1) is 0 Å². The zero-order valence-corrected chi connectivity index (χ0v) is 13.2. The number of rotatable bonds is 5. The molecule has 1 aromatic heterocycles. The number of carbonyl (C=O) groups excluding carboxylic acids is 1. The fourth-order valence-electron chi connectivity index (χ4n) is 2.38. The van der Waals surface area contributed by atoms with E-state index in [0.29, 0.717) is 30.6 Å². The standard InChI is InChI=1S/C14H19N3O3S/c1-9-6-10(13(20-3)15-8-9)11-7-12(18)16-14(21)17(11)4-5-19-2/h6,8,11H,4-5,7H2,1-3H3,(H,16,18,21)/t11-/m1/s1. The van der Waals surface area contributed by atoms with Crippen LogP contribution in [0.3, 0.4) is 0 Å². The van der Waals surface area contributed by atoms with Gasteiger partial charge < -0.3 is 19.7 Å². The molecule has 1 fully saturated rings. The molecule has 2 heterocycles. The van der Waals surface area contributed by atoms with Gasteiger partial charge in [0, 0.05) is 25.4 Å². The number of hydrogen-bond acceptors (Lipinski definition) is 5. The minimum Gasteiger partial charge on any atom is -0.481 e. The lowest BCUT2D eigenvalue weighted by molar-refractivity contribution is -0.122. The Morgan fingerprint density at radius 3 is 2.95 bits per heavy atom. The van der Waals surface area contributed by atoms with Crippen molar-refractivity contribution in [2.45, 2.75) is 19.4 Å². The van der Waals surface area contributed by atoms with Gasteiger partial charge in [-0.3, -0.25) is 4.79 Å². The normalized spacial score (nSPS) is 18.6. The van der Waals surface area contributed by atoms with E-state index in [4.69, 9.17) is 21.7 Å². The van der Waals surface area contributed by atoms with Crippen molar-refractivity contribution < 1.29 is 14.3 Å². The van der Waals surface area contributed by atoms with E-state index in [1.54, 1.807) is 20.4 Å². The molecule has 0 saturated carbocycles. The highest BCUT2D eigenvalue weighted by atomic mass is 32.1. The van der Waals surface area contributed by atoms with Gasteiger partial charge in [0.05, 0.1) is 26.2 Å². The minimum absolute atomic E-state index is 0.0952.